The molecule has 0 aliphatic rings. The van der Waals surface area contributed by atoms with Crippen LogP contribution in [0.15, 0.2) is 18.7 Å². The molecule has 1 rings (SSSR count). The molecule has 0 saturated heterocycles. The zero-order valence-electron chi connectivity index (χ0n) is 11.0. The van der Waals surface area contributed by atoms with Crippen molar-refractivity contribution in [2.75, 3.05) is 6.54 Å². The lowest BCUT2D eigenvalue weighted by atomic mass is 10.0. The predicted octanol–water partition coefficient (Wildman–Crippen LogP) is 2.54. The van der Waals surface area contributed by atoms with Gasteiger partial charge in [0.15, 0.2) is 0 Å². The molecule has 1 aromatic rings. The summed E-state index contributed by atoms with van der Waals surface area (Å²) in [6.45, 7) is 11.2. The van der Waals surface area contributed by atoms with E-state index < -0.39 is 0 Å². The molecule has 3 nitrogen and oxygen atoms in total. The van der Waals surface area contributed by atoms with Gasteiger partial charge in [0, 0.05) is 25.0 Å². The SMILES string of the molecule is CCC(NCC(C)Cn1ccnc1)C(C)C. The van der Waals surface area contributed by atoms with Gasteiger partial charge >= 0.3 is 0 Å². The van der Waals surface area contributed by atoms with E-state index in [1.54, 1.807) is 0 Å². The van der Waals surface area contributed by atoms with Gasteiger partial charge in [0.2, 0.25) is 0 Å². The van der Waals surface area contributed by atoms with E-state index in [1.165, 1.54) is 6.42 Å². The molecule has 0 radical (unpaired) electrons. The second kappa shape index (κ2) is 6.69. The molecular weight excluding hydrogens is 198 g/mol. The first-order valence-electron chi connectivity index (χ1n) is 6.32. The van der Waals surface area contributed by atoms with Crippen LogP contribution in [0.1, 0.15) is 34.1 Å². The summed E-state index contributed by atoms with van der Waals surface area (Å²) in [7, 11) is 0. The van der Waals surface area contributed by atoms with Crippen LogP contribution in [-0.4, -0.2) is 22.1 Å². The van der Waals surface area contributed by atoms with Crippen molar-refractivity contribution in [3.05, 3.63) is 18.7 Å². The zero-order chi connectivity index (χ0) is 12.0. The van der Waals surface area contributed by atoms with Crippen molar-refractivity contribution in [1.29, 1.82) is 0 Å². The summed E-state index contributed by atoms with van der Waals surface area (Å²) in [5.41, 5.74) is 0. The number of hydrogen-bond acceptors (Lipinski definition) is 2. The van der Waals surface area contributed by atoms with Crippen LogP contribution in [0.4, 0.5) is 0 Å². The highest BCUT2D eigenvalue weighted by Crippen LogP contribution is 2.07. The highest BCUT2D eigenvalue weighted by Gasteiger charge is 2.11. The Hall–Kier alpha value is -0.830. The highest BCUT2D eigenvalue weighted by molar-refractivity contribution is 4.76. The van der Waals surface area contributed by atoms with Crippen molar-refractivity contribution in [3.8, 4) is 0 Å². The van der Waals surface area contributed by atoms with Crippen LogP contribution < -0.4 is 5.32 Å². The summed E-state index contributed by atoms with van der Waals surface area (Å²) in [5.74, 6) is 1.35. The van der Waals surface area contributed by atoms with Crippen molar-refractivity contribution in [2.24, 2.45) is 11.8 Å². The van der Waals surface area contributed by atoms with Gasteiger partial charge in [-0.25, -0.2) is 4.98 Å². The molecule has 2 atom stereocenters. The summed E-state index contributed by atoms with van der Waals surface area (Å²) < 4.78 is 2.14. The fraction of sp³-hybridized carbons (Fsp3) is 0.769. The summed E-state index contributed by atoms with van der Waals surface area (Å²) >= 11 is 0. The quantitative estimate of drug-likeness (QED) is 0.770. The standard InChI is InChI=1S/C13H25N3/c1-5-13(11(2)3)15-8-12(4)9-16-7-6-14-10-16/h6-7,10-13,15H,5,8-9H2,1-4H3. The van der Waals surface area contributed by atoms with Crippen molar-refractivity contribution in [2.45, 2.75) is 46.7 Å². The lowest BCUT2D eigenvalue weighted by Gasteiger charge is -2.23. The Labute approximate surface area is 99.3 Å². The molecule has 92 valence electrons. The number of nitrogens with one attached hydrogen (secondary N) is 1. The minimum absolute atomic E-state index is 0.641. The van der Waals surface area contributed by atoms with Crippen molar-refractivity contribution < 1.29 is 0 Å². The van der Waals surface area contributed by atoms with E-state index in [1.807, 2.05) is 18.7 Å². The summed E-state index contributed by atoms with van der Waals surface area (Å²) in [5, 5.41) is 3.65. The topological polar surface area (TPSA) is 29.9 Å². The number of aromatic nitrogens is 2. The second-order valence-corrected chi connectivity index (χ2v) is 5.03. The van der Waals surface area contributed by atoms with Gasteiger partial charge in [-0.1, -0.05) is 27.7 Å². The van der Waals surface area contributed by atoms with E-state index in [0.717, 1.165) is 13.1 Å². The van der Waals surface area contributed by atoms with Crippen LogP contribution in [0.2, 0.25) is 0 Å². The Bertz CT molecular complexity index is 267. The summed E-state index contributed by atoms with van der Waals surface area (Å²) in [6.07, 6.45) is 6.95. The molecule has 0 spiro atoms. The number of rotatable bonds is 7. The molecule has 1 heterocycles. The normalized spacial score (nSPS) is 15.3. The van der Waals surface area contributed by atoms with Gasteiger partial charge in [-0.3, -0.25) is 0 Å². The van der Waals surface area contributed by atoms with Crippen molar-refractivity contribution in [1.82, 2.24) is 14.9 Å². The third-order valence-electron chi connectivity index (χ3n) is 3.05. The lowest BCUT2D eigenvalue weighted by Crippen LogP contribution is -2.36. The molecule has 3 heteroatoms. The third-order valence-corrected chi connectivity index (χ3v) is 3.05. The molecule has 0 aliphatic heterocycles. The van der Waals surface area contributed by atoms with Gasteiger partial charge in [0.05, 0.1) is 6.33 Å². The van der Waals surface area contributed by atoms with Crippen LogP contribution >= 0.6 is 0 Å². The molecule has 0 aliphatic carbocycles. The molecule has 0 amide bonds. The molecule has 0 fully saturated rings. The predicted molar refractivity (Wildman–Crippen MR) is 68.3 cm³/mol. The Morgan fingerprint density at radius 2 is 2.06 bits per heavy atom. The van der Waals surface area contributed by atoms with Gasteiger partial charge in [-0.15, -0.1) is 0 Å². The van der Waals surface area contributed by atoms with Gasteiger partial charge in [-0.2, -0.15) is 0 Å². The molecule has 0 aromatic carbocycles. The molecule has 2 unspecified atom stereocenters. The first-order valence-corrected chi connectivity index (χ1v) is 6.32. The monoisotopic (exact) mass is 223 g/mol. The average Bonchev–Trinajstić information content (AvgIpc) is 2.70. The fourth-order valence-corrected chi connectivity index (χ4v) is 2.02. The minimum Gasteiger partial charge on any atom is -0.337 e. The molecule has 0 saturated carbocycles. The Morgan fingerprint density at radius 3 is 2.56 bits per heavy atom. The minimum atomic E-state index is 0.641. The third kappa shape index (κ3) is 4.35. The van der Waals surface area contributed by atoms with Crippen LogP contribution in [0.5, 0.6) is 0 Å². The molecule has 0 bridgehead atoms. The Morgan fingerprint density at radius 1 is 1.31 bits per heavy atom. The Balaban J connectivity index is 2.26. The summed E-state index contributed by atoms with van der Waals surface area (Å²) in [6, 6.07) is 0.644. The molecular formula is C13H25N3. The Kier molecular flexibility index (Phi) is 5.53. The molecule has 1 N–H and O–H groups in total. The molecule has 16 heavy (non-hydrogen) atoms. The maximum absolute atomic E-state index is 4.06. The van der Waals surface area contributed by atoms with Crippen LogP contribution in [0.25, 0.3) is 0 Å². The largest absolute Gasteiger partial charge is 0.337 e. The summed E-state index contributed by atoms with van der Waals surface area (Å²) in [4.78, 5) is 4.06. The van der Waals surface area contributed by atoms with Gasteiger partial charge in [0.1, 0.15) is 0 Å². The van der Waals surface area contributed by atoms with Gasteiger partial charge < -0.3 is 9.88 Å². The van der Waals surface area contributed by atoms with E-state index in [2.05, 4.69) is 42.6 Å². The van der Waals surface area contributed by atoms with Crippen molar-refractivity contribution in [3.63, 3.8) is 0 Å². The van der Waals surface area contributed by atoms with Gasteiger partial charge in [0.25, 0.3) is 0 Å². The van der Waals surface area contributed by atoms with Crippen molar-refractivity contribution >= 4 is 0 Å². The van der Waals surface area contributed by atoms with E-state index in [4.69, 9.17) is 0 Å². The van der Waals surface area contributed by atoms with E-state index in [0.29, 0.717) is 17.9 Å². The first-order chi connectivity index (χ1) is 7.63. The van der Waals surface area contributed by atoms with Gasteiger partial charge in [-0.05, 0) is 24.8 Å². The fourth-order valence-electron chi connectivity index (χ4n) is 2.02. The number of nitrogens with zero attached hydrogens (tertiary/aromatic N) is 2. The smallest absolute Gasteiger partial charge is 0.0946 e. The number of hydrogen-bond donors (Lipinski definition) is 1. The maximum Gasteiger partial charge on any atom is 0.0946 e. The van der Waals surface area contributed by atoms with Crippen LogP contribution in [0, 0.1) is 11.8 Å². The zero-order valence-corrected chi connectivity index (χ0v) is 11.0. The average molecular weight is 223 g/mol. The highest BCUT2D eigenvalue weighted by atomic mass is 15.0. The second-order valence-electron chi connectivity index (χ2n) is 5.03. The van der Waals surface area contributed by atoms with E-state index in [9.17, 15) is 0 Å². The first kappa shape index (κ1) is 13.2. The van der Waals surface area contributed by atoms with Crippen LogP contribution in [0.3, 0.4) is 0 Å². The molecule has 1 aromatic heterocycles. The van der Waals surface area contributed by atoms with E-state index >= 15 is 0 Å². The number of imidazole rings is 1. The van der Waals surface area contributed by atoms with Crippen LogP contribution in [-0.2, 0) is 6.54 Å². The maximum atomic E-state index is 4.06. The van der Waals surface area contributed by atoms with E-state index in [-0.39, 0.29) is 0 Å². The lowest BCUT2D eigenvalue weighted by molar-refractivity contribution is 0.346.